The van der Waals surface area contributed by atoms with Crippen molar-refractivity contribution in [3.05, 3.63) is 84.3 Å². The van der Waals surface area contributed by atoms with E-state index in [1.807, 2.05) is 77.5 Å². The van der Waals surface area contributed by atoms with Gasteiger partial charge in [-0.25, -0.2) is 14.5 Å². The number of anilines is 2. The van der Waals surface area contributed by atoms with Crippen molar-refractivity contribution >= 4 is 46.0 Å². The van der Waals surface area contributed by atoms with Crippen LogP contribution in [-0.2, 0) is 9.53 Å². The van der Waals surface area contributed by atoms with Crippen molar-refractivity contribution in [1.29, 1.82) is 0 Å². The van der Waals surface area contributed by atoms with Crippen molar-refractivity contribution in [2.24, 2.45) is 0 Å². The molecule has 2 aromatic carbocycles. The van der Waals surface area contributed by atoms with Gasteiger partial charge in [0.2, 0.25) is 0 Å². The standard InChI is InChI=1S/C30H28N6O3/c37-28(38)14-15-31-23-8-6-22(7-9-23)29-26(12-11-24-10-5-21-3-1-2-4-25(21)33-24)34-30-27(13-16-32-36(29)30)35-17-19-39-20-18-35/h1-13,16,31H,14-15,17-20H2,(H,37,38)/b12-11+. The van der Waals surface area contributed by atoms with Crippen molar-refractivity contribution in [3.8, 4) is 11.3 Å². The van der Waals surface area contributed by atoms with E-state index >= 15 is 0 Å². The van der Waals surface area contributed by atoms with Crippen molar-refractivity contribution in [3.63, 3.8) is 0 Å². The molecule has 1 aliphatic heterocycles. The van der Waals surface area contributed by atoms with Gasteiger partial charge in [-0.3, -0.25) is 4.79 Å². The molecule has 2 N–H and O–H groups in total. The lowest BCUT2D eigenvalue weighted by atomic mass is 10.1. The summed E-state index contributed by atoms with van der Waals surface area (Å²) in [6.07, 6.45) is 5.83. The zero-order valence-corrected chi connectivity index (χ0v) is 21.3. The van der Waals surface area contributed by atoms with Crippen molar-refractivity contribution in [2.45, 2.75) is 6.42 Å². The Hall–Kier alpha value is -4.76. The van der Waals surface area contributed by atoms with Gasteiger partial charge in [0, 0.05) is 36.3 Å². The molecule has 0 atom stereocenters. The van der Waals surface area contributed by atoms with E-state index in [1.165, 1.54) is 0 Å². The molecule has 1 aliphatic rings. The number of nitrogens with zero attached hydrogens (tertiary/aromatic N) is 5. The van der Waals surface area contributed by atoms with E-state index in [1.54, 1.807) is 0 Å². The second-order valence-corrected chi connectivity index (χ2v) is 9.31. The molecule has 9 nitrogen and oxygen atoms in total. The van der Waals surface area contributed by atoms with Gasteiger partial charge in [-0.15, -0.1) is 0 Å². The van der Waals surface area contributed by atoms with Gasteiger partial charge in [-0.05, 0) is 42.5 Å². The van der Waals surface area contributed by atoms with Crippen LogP contribution in [0.5, 0.6) is 0 Å². The van der Waals surface area contributed by atoms with Gasteiger partial charge in [0.1, 0.15) is 5.69 Å². The molecule has 0 bridgehead atoms. The van der Waals surface area contributed by atoms with Crippen LogP contribution in [0.3, 0.4) is 0 Å². The lowest BCUT2D eigenvalue weighted by molar-refractivity contribution is -0.136. The molecule has 0 unspecified atom stereocenters. The lowest BCUT2D eigenvalue weighted by Crippen LogP contribution is -2.36. The first kappa shape index (κ1) is 24.6. The van der Waals surface area contributed by atoms with E-state index in [0.717, 1.165) is 63.7 Å². The number of morpholine rings is 1. The number of carboxylic acid groups (broad SMARTS) is 1. The summed E-state index contributed by atoms with van der Waals surface area (Å²) >= 11 is 0. The van der Waals surface area contributed by atoms with Gasteiger partial charge in [0.05, 0.1) is 48.4 Å². The summed E-state index contributed by atoms with van der Waals surface area (Å²) < 4.78 is 7.45. The molecule has 196 valence electrons. The molecular formula is C30H28N6O3. The fourth-order valence-electron chi connectivity index (χ4n) is 4.79. The Bertz CT molecular complexity index is 1660. The lowest BCUT2D eigenvalue weighted by Gasteiger charge is -2.28. The van der Waals surface area contributed by atoms with Gasteiger partial charge in [-0.2, -0.15) is 5.10 Å². The Labute approximate surface area is 225 Å². The molecule has 1 fully saturated rings. The number of aliphatic carboxylic acids is 1. The summed E-state index contributed by atoms with van der Waals surface area (Å²) in [7, 11) is 0. The average molecular weight is 521 g/mol. The number of imidazole rings is 1. The maximum Gasteiger partial charge on any atom is 0.305 e. The molecule has 0 saturated carbocycles. The van der Waals surface area contributed by atoms with Gasteiger partial charge in [0.15, 0.2) is 5.65 Å². The molecule has 39 heavy (non-hydrogen) atoms. The van der Waals surface area contributed by atoms with Crippen molar-refractivity contribution in [1.82, 2.24) is 19.6 Å². The Balaban J connectivity index is 1.40. The minimum absolute atomic E-state index is 0.0565. The van der Waals surface area contributed by atoms with Gasteiger partial charge in [-0.1, -0.05) is 36.4 Å². The highest BCUT2D eigenvalue weighted by molar-refractivity contribution is 5.85. The second kappa shape index (κ2) is 10.9. The van der Waals surface area contributed by atoms with Crippen molar-refractivity contribution in [2.75, 3.05) is 43.1 Å². The summed E-state index contributed by atoms with van der Waals surface area (Å²) in [5.41, 5.74) is 7.04. The molecule has 9 heteroatoms. The third-order valence-electron chi connectivity index (χ3n) is 6.74. The number of hydrogen-bond acceptors (Lipinski definition) is 7. The molecule has 5 aromatic rings. The molecule has 0 spiro atoms. The number of hydrogen-bond donors (Lipinski definition) is 2. The topological polar surface area (TPSA) is 105 Å². The highest BCUT2D eigenvalue weighted by Gasteiger charge is 2.20. The van der Waals surface area contributed by atoms with E-state index in [9.17, 15) is 4.79 Å². The quantitative estimate of drug-likeness (QED) is 0.300. The fourth-order valence-corrected chi connectivity index (χ4v) is 4.79. The number of carboxylic acids is 1. The van der Waals surface area contributed by atoms with E-state index in [4.69, 9.17) is 19.8 Å². The minimum atomic E-state index is -0.829. The fraction of sp³-hybridized carbons (Fsp3) is 0.200. The summed E-state index contributed by atoms with van der Waals surface area (Å²) in [4.78, 5) is 23.0. The number of aromatic nitrogens is 4. The molecule has 4 heterocycles. The number of benzene rings is 2. The Morgan fingerprint density at radius 1 is 0.974 bits per heavy atom. The number of rotatable bonds is 8. The summed E-state index contributed by atoms with van der Waals surface area (Å²) in [5.74, 6) is -0.829. The average Bonchev–Trinajstić information content (AvgIpc) is 3.35. The van der Waals surface area contributed by atoms with Crippen LogP contribution in [0.1, 0.15) is 17.8 Å². The smallest absolute Gasteiger partial charge is 0.305 e. The highest BCUT2D eigenvalue weighted by atomic mass is 16.5. The summed E-state index contributed by atoms with van der Waals surface area (Å²) in [6, 6.07) is 22.0. The summed E-state index contributed by atoms with van der Waals surface area (Å²) in [6.45, 7) is 3.31. The number of para-hydroxylation sites is 1. The maximum atomic E-state index is 10.9. The monoisotopic (exact) mass is 520 g/mol. The molecule has 0 amide bonds. The zero-order chi connectivity index (χ0) is 26.6. The van der Waals surface area contributed by atoms with Crippen LogP contribution >= 0.6 is 0 Å². The zero-order valence-electron chi connectivity index (χ0n) is 21.3. The van der Waals surface area contributed by atoms with Crippen LogP contribution in [0.25, 0.3) is 40.0 Å². The second-order valence-electron chi connectivity index (χ2n) is 9.31. The molecule has 6 rings (SSSR count). The van der Waals surface area contributed by atoms with Crippen LogP contribution in [0, 0.1) is 0 Å². The molecule has 1 saturated heterocycles. The number of nitrogens with one attached hydrogen (secondary N) is 1. The van der Waals surface area contributed by atoms with E-state index in [0.29, 0.717) is 19.8 Å². The van der Waals surface area contributed by atoms with E-state index in [-0.39, 0.29) is 6.42 Å². The first-order valence-electron chi connectivity index (χ1n) is 13.0. The Morgan fingerprint density at radius 2 is 1.79 bits per heavy atom. The largest absolute Gasteiger partial charge is 0.481 e. The number of fused-ring (bicyclic) bond motifs is 2. The Kier molecular flexibility index (Phi) is 6.88. The van der Waals surface area contributed by atoms with Gasteiger partial charge < -0.3 is 20.1 Å². The molecule has 0 aliphatic carbocycles. The predicted octanol–water partition coefficient (Wildman–Crippen LogP) is 4.84. The summed E-state index contributed by atoms with van der Waals surface area (Å²) in [5, 5.41) is 17.9. The molecule has 3 aromatic heterocycles. The number of pyridine rings is 1. The third kappa shape index (κ3) is 5.30. The molecule has 0 radical (unpaired) electrons. The van der Waals surface area contributed by atoms with E-state index in [2.05, 4.69) is 27.4 Å². The van der Waals surface area contributed by atoms with Crippen LogP contribution in [0.2, 0.25) is 0 Å². The van der Waals surface area contributed by atoms with E-state index < -0.39 is 5.97 Å². The number of carbonyl (C=O) groups is 1. The van der Waals surface area contributed by atoms with Crippen LogP contribution in [0.4, 0.5) is 11.4 Å². The minimum Gasteiger partial charge on any atom is -0.481 e. The van der Waals surface area contributed by atoms with Crippen LogP contribution in [-0.4, -0.2) is 63.5 Å². The van der Waals surface area contributed by atoms with Gasteiger partial charge in [0.25, 0.3) is 0 Å². The van der Waals surface area contributed by atoms with Gasteiger partial charge >= 0.3 is 5.97 Å². The van der Waals surface area contributed by atoms with Crippen molar-refractivity contribution < 1.29 is 14.6 Å². The SMILES string of the molecule is O=C(O)CCNc1ccc(-c2c(/C=C/c3ccc4ccccc4n3)nc3c(N4CCOCC4)ccnn23)cc1. The maximum absolute atomic E-state index is 10.9. The first-order chi connectivity index (χ1) is 19.2. The predicted molar refractivity (Wildman–Crippen MR) is 153 cm³/mol. The number of ether oxygens (including phenoxy) is 1. The normalized spacial score (nSPS) is 13.9. The first-order valence-corrected chi connectivity index (χ1v) is 13.0. The third-order valence-corrected chi connectivity index (χ3v) is 6.74. The highest BCUT2D eigenvalue weighted by Crippen LogP contribution is 2.31. The van der Waals surface area contributed by atoms with Crippen LogP contribution < -0.4 is 10.2 Å². The van der Waals surface area contributed by atoms with Crippen LogP contribution in [0.15, 0.2) is 72.9 Å². The molecular weight excluding hydrogens is 492 g/mol. The Morgan fingerprint density at radius 3 is 2.62 bits per heavy atom.